The van der Waals surface area contributed by atoms with Crippen LogP contribution in [0.4, 0.5) is 11.4 Å². The van der Waals surface area contributed by atoms with Crippen LogP contribution in [0.5, 0.6) is 5.75 Å². The van der Waals surface area contributed by atoms with Crippen LogP contribution in [0.15, 0.2) is 53.4 Å². The summed E-state index contributed by atoms with van der Waals surface area (Å²) < 4.78 is 33.3. The molecule has 1 aliphatic heterocycles. The molecule has 1 atom stereocenters. The molecule has 0 spiro atoms. The van der Waals surface area contributed by atoms with Crippen molar-refractivity contribution in [2.24, 2.45) is 0 Å². The summed E-state index contributed by atoms with van der Waals surface area (Å²) >= 11 is 0. The molecule has 2 aromatic rings. The molecule has 1 fully saturated rings. The van der Waals surface area contributed by atoms with Gasteiger partial charge in [-0.2, -0.15) is 4.31 Å². The summed E-state index contributed by atoms with van der Waals surface area (Å²) in [5, 5.41) is 2.57. The minimum Gasteiger partial charge on any atom is -0.427 e. The van der Waals surface area contributed by atoms with Gasteiger partial charge in [-0.25, -0.2) is 13.3 Å². The lowest BCUT2D eigenvalue weighted by molar-refractivity contribution is -0.132. The smallest absolute Gasteiger partial charge is 0.308 e. The Labute approximate surface area is 203 Å². The topological polar surface area (TPSA) is 130 Å². The molecule has 1 aliphatic rings. The number of carbonyl (C=O) groups is 4. The zero-order valence-electron chi connectivity index (χ0n) is 20.1. The van der Waals surface area contributed by atoms with Gasteiger partial charge in [0.15, 0.2) is 0 Å². The minimum absolute atomic E-state index is 0.0778. The summed E-state index contributed by atoms with van der Waals surface area (Å²) in [6.07, 6.45) is -0.328. The van der Waals surface area contributed by atoms with Gasteiger partial charge in [0.25, 0.3) is 5.91 Å². The van der Waals surface area contributed by atoms with Crippen LogP contribution in [0.1, 0.15) is 41.0 Å². The summed E-state index contributed by atoms with van der Waals surface area (Å²) in [5.41, 5.74) is -0.371. The molecule has 2 aromatic carbocycles. The zero-order valence-corrected chi connectivity index (χ0v) is 20.9. The summed E-state index contributed by atoms with van der Waals surface area (Å²) in [7, 11) is -4.21. The van der Waals surface area contributed by atoms with E-state index in [4.69, 9.17) is 4.74 Å². The number of benzene rings is 2. The lowest BCUT2D eigenvalue weighted by Crippen LogP contribution is -2.54. The Morgan fingerprint density at radius 3 is 2.06 bits per heavy atom. The van der Waals surface area contributed by atoms with Crippen LogP contribution >= 0.6 is 0 Å². The molecule has 0 aromatic heterocycles. The molecular weight excluding hydrogens is 474 g/mol. The van der Waals surface area contributed by atoms with Gasteiger partial charge in [-0.3, -0.25) is 19.2 Å². The van der Waals surface area contributed by atoms with Gasteiger partial charge in [-0.1, -0.05) is 0 Å². The van der Waals surface area contributed by atoms with Gasteiger partial charge in [0.1, 0.15) is 11.8 Å². The number of amides is 3. The summed E-state index contributed by atoms with van der Waals surface area (Å²) in [6, 6.07) is 10.1. The highest BCUT2D eigenvalue weighted by molar-refractivity contribution is 7.89. The van der Waals surface area contributed by atoms with Crippen molar-refractivity contribution in [3.05, 3.63) is 48.5 Å². The van der Waals surface area contributed by atoms with E-state index in [2.05, 4.69) is 5.32 Å². The van der Waals surface area contributed by atoms with Crippen LogP contribution in [0.3, 0.4) is 0 Å². The largest absolute Gasteiger partial charge is 0.427 e. The van der Waals surface area contributed by atoms with E-state index in [9.17, 15) is 27.6 Å². The molecule has 1 N–H and O–H groups in total. The number of rotatable bonds is 6. The first-order valence-electron chi connectivity index (χ1n) is 10.8. The molecule has 0 bridgehead atoms. The molecule has 10 nitrogen and oxygen atoms in total. The number of sulfonamides is 1. The monoisotopic (exact) mass is 501 g/mol. The second kappa shape index (κ2) is 9.59. The lowest BCUT2D eigenvalue weighted by atomic mass is 10.1. The van der Waals surface area contributed by atoms with Gasteiger partial charge >= 0.3 is 5.97 Å². The Bertz CT molecular complexity index is 1260. The number of anilines is 2. The average Bonchev–Trinajstić information content (AvgIpc) is 3.00. The van der Waals surface area contributed by atoms with Gasteiger partial charge in [0, 0.05) is 25.1 Å². The van der Waals surface area contributed by atoms with Crippen molar-refractivity contribution in [2.75, 3.05) is 10.2 Å². The van der Waals surface area contributed by atoms with Crippen molar-refractivity contribution in [1.82, 2.24) is 4.31 Å². The maximum atomic E-state index is 13.7. The van der Waals surface area contributed by atoms with Gasteiger partial charge in [-0.15, -0.1) is 0 Å². The molecule has 0 saturated carbocycles. The molecule has 0 radical (unpaired) electrons. The molecule has 3 rings (SSSR count). The maximum Gasteiger partial charge on any atom is 0.308 e. The third-order valence-corrected chi connectivity index (χ3v) is 7.34. The number of esters is 1. The fourth-order valence-corrected chi connectivity index (χ4v) is 5.85. The van der Waals surface area contributed by atoms with Crippen molar-refractivity contribution < 1.29 is 32.3 Å². The molecule has 1 heterocycles. The highest BCUT2D eigenvalue weighted by Gasteiger charge is 2.50. The van der Waals surface area contributed by atoms with Crippen LogP contribution in [0, 0.1) is 0 Å². The predicted octanol–water partition coefficient (Wildman–Crippen LogP) is 2.69. The SMILES string of the molecule is CC(=O)Nc1ccc(S(=O)(=O)N(C2CC(=O)N(c3ccc(OC(C)=O)cc3)C2=O)C(C)(C)C)cc1. The van der Waals surface area contributed by atoms with Crippen molar-refractivity contribution in [3.63, 3.8) is 0 Å². The summed E-state index contributed by atoms with van der Waals surface area (Å²) in [6.45, 7) is 7.52. The third kappa shape index (κ3) is 5.57. The zero-order chi connectivity index (χ0) is 26.1. The van der Waals surface area contributed by atoms with E-state index in [0.717, 1.165) is 9.21 Å². The van der Waals surface area contributed by atoms with Gasteiger partial charge in [0.2, 0.25) is 21.8 Å². The number of ether oxygens (including phenoxy) is 1. The molecule has 35 heavy (non-hydrogen) atoms. The number of hydrogen-bond acceptors (Lipinski definition) is 7. The molecule has 0 aliphatic carbocycles. The molecular formula is C24H27N3O7S. The number of hydrogen-bond donors (Lipinski definition) is 1. The Balaban J connectivity index is 1.95. The van der Waals surface area contributed by atoms with Crippen molar-refractivity contribution in [1.29, 1.82) is 0 Å². The molecule has 1 saturated heterocycles. The lowest BCUT2D eigenvalue weighted by Gasteiger charge is -2.37. The van der Waals surface area contributed by atoms with E-state index in [-0.39, 0.29) is 28.7 Å². The molecule has 11 heteroatoms. The maximum absolute atomic E-state index is 13.7. The molecule has 1 unspecified atom stereocenters. The summed E-state index contributed by atoms with van der Waals surface area (Å²) in [4.78, 5) is 49.5. The molecule has 3 amide bonds. The van der Waals surface area contributed by atoms with Crippen molar-refractivity contribution in [3.8, 4) is 5.75 Å². The number of nitrogens with zero attached hydrogens (tertiary/aromatic N) is 2. The Morgan fingerprint density at radius 1 is 1.00 bits per heavy atom. The van der Waals surface area contributed by atoms with E-state index in [0.29, 0.717) is 5.69 Å². The van der Waals surface area contributed by atoms with E-state index in [1.165, 1.54) is 62.4 Å². The second-order valence-electron chi connectivity index (χ2n) is 9.05. The van der Waals surface area contributed by atoms with E-state index in [1.807, 2.05) is 0 Å². The predicted molar refractivity (Wildman–Crippen MR) is 128 cm³/mol. The van der Waals surface area contributed by atoms with Crippen LogP contribution in [-0.2, 0) is 29.2 Å². The fourth-order valence-electron chi connectivity index (χ4n) is 3.92. The Hall–Kier alpha value is -3.57. The van der Waals surface area contributed by atoms with E-state index < -0.39 is 39.4 Å². The molecule has 186 valence electrons. The normalized spacial score (nSPS) is 16.5. The number of nitrogens with one attached hydrogen (secondary N) is 1. The minimum atomic E-state index is -4.21. The van der Waals surface area contributed by atoms with E-state index >= 15 is 0 Å². The van der Waals surface area contributed by atoms with Gasteiger partial charge in [-0.05, 0) is 69.3 Å². The van der Waals surface area contributed by atoms with Gasteiger partial charge in [0.05, 0.1) is 17.0 Å². The van der Waals surface area contributed by atoms with Gasteiger partial charge < -0.3 is 10.1 Å². The fraction of sp³-hybridized carbons (Fsp3) is 0.333. The van der Waals surface area contributed by atoms with Crippen molar-refractivity contribution >= 4 is 45.1 Å². The number of imide groups is 1. The highest BCUT2D eigenvalue weighted by atomic mass is 32.2. The van der Waals surface area contributed by atoms with Crippen LogP contribution < -0.4 is 15.0 Å². The Kier molecular flexibility index (Phi) is 7.13. The quantitative estimate of drug-likeness (QED) is 0.366. The first-order valence-corrected chi connectivity index (χ1v) is 12.2. The highest BCUT2D eigenvalue weighted by Crippen LogP contribution is 2.35. The van der Waals surface area contributed by atoms with Crippen molar-refractivity contribution in [2.45, 2.75) is 57.5 Å². The first-order chi connectivity index (χ1) is 16.2. The third-order valence-electron chi connectivity index (χ3n) is 5.16. The van der Waals surface area contributed by atoms with Crippen LogP contribution in [0.2, 0.25) is 0 Å². The number of carbonyl (C=O) groups excluding carboxylic acids is 4. The Morgan fingerprint density at radius 2 is 1.57 bits per heavy atom. The van der Waals surface area contributed by atoms with Crippen LogP contribution in [-0.4, -0.2) is 48.0 Å². The first kappa shape index (κ1) is 26.0. The van der Waals surface area contributed by atoms with E-state index in [1.54, 1.807) is 20.8 Å². The van der Waals surface area contributed by atoms with Crippen LogP contribution in [0.25, 0.3) is 0 Å². The standard InChI is InChI=1S/C24H27N3O7S/c1-15(28)25-17-6-12-20(13-7-17)35(32,33)27(24(3,4)5)21-14-22(30)26(23(21)31)18-8-10-19(11-9-18)34-16(2)29/h6-13,21H,14H2,1-5H3,(H,25,28). The second-order valence-corrected chi connectivity index (χ2v) is 10.9. The average molecular weight is 502 g/mol. The summed E-state index contributed by atoms with van der Waals surface area (Å²) in [5.74, 6) is -1.79.